The minimum absolute atomic E-state index is 0.0321. The van der Waals surface area contributed by atoms with Crippen molar-refractivity contribution in [3.8, 4) is 5.75 Å². The Kier molecular flexibility index (Phi) is 5.42. The van der Waals surface area contributed by atoms with Gasteiger partial charge in [0, 0.05) is 19.3 Å². The number of aromatic hydroxyl groups is 1. The second-order valence-electron chi connectivity index (χ2n) is 3.80. The summed E-state index contributed by atoms with van der Waals surface area (Å²) in [6.45, 7) is 2.87. The molecule has 0 unspecified atom stereocenters. The van der Waals surface area contributed by atoms with E-state index in [1.807, 2.05) is 6.92 Å². The molecule has 0 saturated carbocycles. The molecule has 0 saturated heterocycles. The maximum atomic E-state index is 12.1. The number of aliphatic hydroxyl groups excluding tert-OH is 1. The summed E-state index contributed by atoms with van der Waals surface area (Å²) in [6.07, 6.45) is 4.56. The first kappa shape index (κ1) is 13.4. The van der Waals surface area contributed by atoms with Crippen LogP contribution in [0.3, 0.4) is 0 Å². The van der Waals surface area contributed by atoms with E-state index in [1.54, 1.807) is 4.90 Å². The second kappa shape index (κ2) is 6.85. The number of carbonyl (C=O) groups is 1. The van der Waals surface area contributed by atoms with Crippen molar-refractivity contribution in [2.24, 2.45) is 0 Å². The van der Waals surface area contributed by atoms with E-state index in [2.05, 4.69) is 4.98 Å². The minimum atomic E-state index is -0.212. The molecule has 0 spiro atoms. The van der Waals surface area contributed by atoms with Crippen LogP contribution in [0.5, 0.6) is 5.75 Å². The van der Waals surface area contributed by atoms with Gasteiger partial charge in [-0.3, -0.25) is 9.78 Å². The van der Waals surface area contributed by atoms with E-state index in [0.29, 0.717) is 18.7 Å². The molecule has 0 fully saturated rings. The van der Waals surface area contributed by atoms with E-state index < -0.39 is 0 Å². The number of nitrogens with zero attached hydrogens (tertiary/aromatic N) is 2. The van der Waals surface area contributed by atoms with Gasteiger partial charge in [-0.2, -0.15) is 0 Å². The molecule has 0 radical (unpaired) electrons. The largest absolute Gasteiger partial charge is 0.506 e. The van der Waals surface area contributed by atoms with Crippen molar-refractivity contribution in [1.29, 1.82) is 0 Å². The Morgan fingerprint density at radius 3 is 2.76 bits per heavy atom. The van der Waals surface area contributed by atoms with Crippen LogP contribution in [-0.4, -0.2) is 45.7 Å². The number of unbranched alkanes of at least 4 members (excludes halogenated alkanes) is 1. The fourth-order valence-electron chi connectivity index (χ4n) is 1.51. The highest BCUT2D eigenvalue weighted by atomic mass is 16.3. The number of aliphatic hydroxyl groups is 1. The zero-order chi connectivity index (χ0) is 12.7. The highest BCUT2D eigenvalue weighted by Crippen LogP contribution is 2.11. The van der Waals surface area contributed by atoms with Gasteiger partial charge in [0.2, 0.25) is 0 Å². The van der Waals surface area contributed by atoms with E-state index in [9.17, 15) is 9.90 Å². The lowest BCUT2D eigenvalue weighted by atomic mass is 10.2. The summed E-state index contributed by atoms with van der Waals surface area (Å²) in [7, 11) is 0. The molecule has 1 rings (SSSR count). The molecule has 0 aliphatic carbocycles. The zero-order valence-corrected chi connectivity index (χ0v) is 9.96. The fraction of sp³-hybridized carbons (Fsp3) is 0.500. The van der Waals surface area contributed by atoms with Crippen molar-refractivity contribution in [2.75, 3.05) is 19.7 Å². The molecule has 0 aliphatic rings. The number of hydrogen-bond acceptors (Lipinski definition) is 4. The second-order valence-corrected chi connectivity index (χ2v) is 3.80. The zero-order valence-electron chi connectivity index (χ0n) is 9.96. The third-order valence-electron chi connectivity index (χ3n) is 2.41. The van der Waals surface area contributed by atoms with E-state index in [-0.39, 0.29) is 18.3 Å². The Labute approximate surface area is 101 Å². The van der Waals surface area contributed by atoms with Crippen LogP contribution in [0, 0.1) is 0 Å². The predicted octanol–water partition coefficient (Wildman–Crippen LogP) is 1.02. The summed E-state index contributed by atoms with van der Waals surface area (Å²) in [5, 5.41) is 18.2. The molecule has 1 aromatic rings. The number of pyridine rings is 1. The molecule has 1 aromatic heterocycles. The Hall–Kier alpha value is -1.62. The molecule has 17 heavy (non-hydrogen) atoms. The molecule has 0 aromatic carbocycles. The molecule has 0 aliphatic heterocycles. The molecule has 2 N–H and O–H groups in total. The van der Waals surface area contributed by atoms with Gasteiger partial charge in [0.05, 0.1) is 18.4 Å². The van der Waals surface area contributed by atoms with Crippen LogP contribution in [0.15, 0.2) is 18.5 Å². The van der Waals surface area contributed by atoms with Crippen LogP contribution in [0.4, 0.5) is 0 Å². The summed E-state index contributed by atoms with van der Waals surface area (Å²) in [4.78, 5) is 17.4. The van der Waals surface area contributed by atoms with Gasteiger partial charge in [0.1, 0.15) is 5.75 Å². The average Bonchev–Trinajstić information content (AvgIpc) is 2.33. The van der Waals surface area contributed by atoms with Gasteiger partial charge < -0.3 is 15.1 Å². The van der Waals surface area contributed by atoms with Gasteiger partial charge in [-0.05, 0) is 12.5 Å². The highest BCUT2D eigenvalue weighted by Gasteiger charge is 2.15. The maximum absolute atomic E-state index is 12.1. The first-order valence-electron chi connectivity index (χ1n) is 5.73. The van der Waals surface area contributed by atoms with Crippen LogP contribution >= 0.6 is 0 Å². The van der Waals surface area contributed by atoms with Crippen LogP contribution in [0.2, 0.25) is 0 Å². The van der Waals surface area contributed by atoms with Gasteiger partial charge in [-0.25, -0.2) is 0 Å². The van der Waals surface area contributed by atoms with Crippen molar-refractivity contribution in [2.45, 2.75) is 19.8 Å². The topological polar surface area (TPSA) is 73.7 Å². The van der Waals surface area contributed by atoms with E-state index in [4.69, 9.17) is 5.11 Å². The summed E-state index contributed by atoms with van der Waals surface area (Å²) < 4.78 is 0. The van der Waals surface area contributed by atoms with Gasteiger partial charge in [0.25, 0.3) is 5.91 Å². The van der Waals surface area contributed by atoms with Crippen molar-refractivity contribution in [1.82, 2.24) is 9.88 Å². The highest BCUT2D eigenvalue weighted by molar-refractivity contribution is 5.94. The third-order valence-corrected chi connectivity index (χ3v) is 2.41. The Morgan fingerprint density at radius 2 is 2.18 bits per heavy atom. The normalized spacial score (nSPS) is 10.2. The third kappa shape index (κ3) is 4.03. The smallest absolute Gasteiger partial charge is 0.255 e. The number of amides is 1. The van der Waals surface area contributed by atoms with E-state index in [0.717, 1.165) is 12.8 Å². The quantitative estimate of drug-likeness (QED) is 0.776. The Morgan fingerprint density at radius 1 is 1.41 bits per heavy atom. The Balaban J connectivity index is 2.76. The number of aromatic nitrogens is 1. The first-order chi connectivity index (χ1) is 8.19. The van der Waals surface area contributed by atoms with Crippen molar-refractivity contribution >= 4 is 5.91 Å². The van der Waals surface area contributed by atoms with Gasteiger partial charge >= 0.3 is 0 Å². The fourth-order valence-corrected chi connectivity index (χ4v) is 1.51. The number of rotatable bonds is 6. The van der Waals surface area contributed by atoms with Crippen LogP contribution in [0.25, 0.3) is 0 Å². The standard InChI is InChI=1S/C12H18N2O3/c1-2-3-4-14(5-6-15)12(17)10-7-11(16)9-13-8-10/h7-9,15-16H,2-6H2,1H3. The molecule has 5 nitrogen and oxygen atoms in total. The molecule has 0 atom stereocenters. The molecule has 1 amide bonds. The number of hydrogen-bond donors (Lipinski definition) is 2. The summed E-state index contributed by atoms with van der Waals surface area (Å²) in [6, 6.07) is 1.38. The lowest BCUT2D eigenvalue weighted by molar-refractivity contribution is 0.0718. The first-order valence-corrected chi connectivity index (χ1v) is 5.73. The van der Waals surface area contributed by atoms with Crippen molar-refractivity contribution < 1.29 is 15.0 Å². The molecule has 1 heterocycles. The predicted molar refractivity (Wildman–Crippen MR) is 63.8 cm³/mol. The van der Waals surface area contributed by atoms with Gasteiger partial charge in [-0.15, -0.1) is 0 Å². The summed E-state index contributed by atoms with van der Waals surface area (Å²) in [5.41, 5.74) is 0.342. The van der Waals surface area contributed by atoms with Gasteiger partial charge in [-0.1, -0.05) is 13.3 Å². The lowest BCUT2D eigenvalue weighted by Gasteiger charge is -2.21. The maximum Gasteiger partial charge on any atom is 0.255 e. The van der Waals surface area contributed by atoms with E-state index in [1.165, 1.54) is 18.5 Å². The monoisotopic (exact) mass is 238 g/mol. The van der Waals surface area contributed by atoms with Gasteiger partial charge in [0.15, 0.2) is 0 Å². The molecular formula is C12H18N2O3. The average molecular weight is 238 g/mol. The summed E-state index contributed by atoms with van der Waals surface area (Å²) in [5.74, 6) is -0.244. The van der Waals surface area contributed by atoms with Crippen LogP contribution in [-0.2, 0) is 0 Å². The molecule has 0 bridgehead atoms. The molecule has 94 valence electrons. The number of carbonyl (C=O) groups excluding carboxylic acids is 1. The van der Waals surface area contributed by atoms with Crippen LogP contribution < -0.4 is 0 Å². The molecule has 5 heteroatoms. The van der Waals surface area contributed by atoms with Crippen molar-refractivity contribution in [3.63, 3.8) is 0 Å². The summed E-state index contributed by atoms with van der Waals surface area (Å²) >= 11 is 0. The van der Waals surface area contributed by atoms with Crippen LogP contribution in [0.1, 0.15) is 30.1 Å². The Bertz CT molecular complexity index is 369. The SMILES string of the molecule is CCCCN(CCO)C(=O)c1cncc(O)c1. The molecular weight excluding hydrogens is 220 g/mol. The lowest BCUT2D eigenvalue weighted by Crippen LogP contribution is -2.34. The van der Waals surface area contributed by atoms with Crippen molar-refractivity contribution in [3.05, 3.63) is 24.0 Å². The van der Waals surface area contributed by atoms with E-state index >= 15 is 0 Å². The minimum Gasteiger partial charge on any atom is -0.506 e.